The van der Waals surface area contributed by atoms with E-state index >= 15 is 0 Å². The van der Waals surface area contributed by atoms with Crippen LogP contribution < -0.4 is 5.32 Å². The maximum Gasteiger partial charge on any atom is 0.128 e. The summed E-state index contributed by atoms with van der Waals surface area (Å²) in [5.41, 5.74) is 0. The first-order valence-electron chi connectivity index (χ1n) is 5.49. The molecule has 15 heavy (non-hydrogen) atoms. The molecule has 1 aromatic heterocycles. The normalized spacial score (nSPS) is 15.2. The highest BCUT2D eigenvalue weighted by Crippen LogP contribution is 2.19. The number of aromatic nitrogens is 2. The van der Waals surface area contributed by atoms with E-state index in [1.807, 2.05) is 19.4 Å². The first-order valence-corrected chi connectivity index (χ1v) is 5.49. The molecule has 0 aromatic carbocycles. The summed E-state index contributed by atoms with van der Waals surface area (Å²) >= 11 is 0. The SMILES string of the molecule is CCC(OC)C(NC)c1nccn1CC. The van der Waals surface area contributed by atoms with Crippen molar-refractivity contribution in [2.45, 2.75) is 39.0 Å². The molecule has 0 aliphatic rings. The summed E-state index contributed by atoms with van der Waals surface area (Å²) in [6, 6.07) is 0.162. The molecule has 4 nitrogen and oxygen atoms in total. The van der Waals surface area contributed by atoms with Crippen LogP contribution in [0.4, 0.5) is 0 Å². The van der Waals surface area contributed by atoms with E-state index in [-0.39, 0.29) is 12.1 Å². The highest BCUT2D eigenvalue weighted by molar-refractivity contribution is 5.02. The van der Waals surface area contributed by atoms with Gasteiger partial charge in [0, 0.05) is 26.0 Å². The minimum atomic E-state index is 0.162. The Morgan fingerprint density at radius 3 is 2.73 bits per heavy atom. The molecule has 0 saturated carbocycles. The average molecular weight is 211 g/mol. The van der Waals surface area contributed by atoms with Crippen molar-refractivity contribution < 1.29 is 4.74 Å². The zero-order chi connectivity index (χ0) is 11.3. The van der Waals surface area contributed by atoms with Crippen molar-refractivity contribution in [3.63, 3.8) is 0 Å². The monoisotopic (exact) mass is 211 g/mol. The minimum absolute atomic E-state index is 0.162. The van der Waals surface area contributed by atoms with Crippen LogP contribution >= 0.6 is 0 Å². The van der Waals surface area contributed by atoms with Crippen molar-refractivity contribution >= 4 is 0 Å². The summed E-state index contributed by atoms with van der Waals surface area (Å²) in [7, 11) is 3.69. The molecule has 86 valence electrons. The van der Waals surface area contributed by atoms with Gasteiger partial charge in [-0.1, -0.05) is 6.92 Å². The first-order chi connectivity index (χ1) is 7.28. The van der Waals surface area contributed by atoms with E-state index in [9.17, 15) is 0 Å². The maximum absolute atomic E-state index is 5.46. The molecule has 1 aromatic rings. The summed E-state index contributed by atoms with van der Waals surface area (Å²) in [5.74, 6) is 1.05. The Labute approximate surface area is 91.7 Å². The van der Waals surface area contributed by atoms with E-state index in [0.29, 0.717) is 0 Å². The summed E-state index contributed by atoms with van der Waals surface area (Å²) in [5, 5.41) is 3.27. The molecule has 0 aliphatic carbocycles. The van der Waals surface area contributed by atoms with Gasteiger partial charge in [-0.05, 0) is 20.4 Å². The van der Waals surface area contributed by atoms with Crippen molar-refractivity contribution in [1.29, 1.82) is 0 Å². The Balaban J connectivity index is 2.90. The largest absolute Gasteiger partial charge is 0.379 e. The number of rotatable bonds is 6. The Morgan fingerprint density at radius 1 is 1.53 bits per heavy atom. The van der Waals surface area contributed by atoms with Gasteiger partial charge in [0.15, 0.2) is 0 Å². The van der Waals surface area contributed by atoms with Gasteiger partial charge in [0.2, 0.25) is 0 Å². The van der Waals surface area contributed by atoms with Gasteiger partial charge in [0.05, 0.1) is 12.1 Å². The molecule has 2 unspecified atom stereocenters. The number of hydrogen-bond donors (Lipinski definition) is 1. The second-order valence-electron chi connectivity index (χ2n) is 3.52. The van der Waals surface area contributed by atoms with Crippen molar-refractivity contribution in [2.75, 3.05) is 14.2 Å². The number of aryl methyl sites for hydroxylation is 1. The summed E-state index contributed by atoms with van der Waals surface area (Å²) in [6.07, 6.45) is 4.98. The van der Waals surface area contributed by atoms with E-state index in [0.717, 1.165) is 18.8 Å². The fraction of sp³-hybridized carbons (Fsp3) is 0.727. The number of methoxy groups -OCH3 is 1. The number of nitrogens with zero attached hydrogens (tertiary/aromatic N) is 2. The highest BCUT2D eigenvalue weighted by atomic mass is 16.5. The second kappa shape index (κ2) is 5.88. The predicted molar refractivity (Wildman–Crippen MR) is 60.8 cm³/mol. The van der Waals surface area contributed by atoms with Gasteiger partial charge in [-0.15, -0.1) is 0 Å². The summed E-state index contributed by atoms with van der Waals surface area (Å²) < 4.78 is 7.60. The van der Waals surface area contributed by atoms with Crippen molar-refractivity contribution in [3.8, 4) is 0 Å². The number of imidazole rings is 1. The van der Waals surface area contributed by atoms with Crippen LogP contribution in [0.15, 0.2) is 12.4 Å². The molecule has 0 aliphatic heterocycles. The van der Waals surface area contributed by atoms with Gasteiger partial charge in [0.25, 0.3) is 0 Å². The standard InChI is InChI=1S/C11H21N3O/c1-5-9(15-4)10(12-3)11-13-7-8-14(11)6-2/h7-10,12H,5-6H2,1-4H3. The van der Waals surface area contributed by atoms with Crippen LogP contribution in [-0.4, -0.2) is 29.8 Å². The van der Waals surface area contributed by atoms with Crippen molar-refractivity contribution in [3.05, 3.63) is 18.2 Å². The van der Waals surface area contributed by atoms with Crippen molar-refractivity contribution in [2.24, 2.45) is 0 Å². The number of ether oxygens (including phenoxy) is 1. The third kappa shape index (κ3) is 2.58. The Hall–Kier alpha value is -0.870. The van der Waals surface area contributed by atoms with E-state index in [4.69, 9.17) is 4.74 Å². The highest BCUT2D eigenvalue weighted by Gasteiger charge is 2.23. The molecule has 4 heteroatoms. The molecule has 0 radical (unpaired) electrons. The predicted octanol–water partition coefficient (Wildman–Crippen LogP) is 1.59. The first kappa shape index (κ1) is 12.2. The average Bonchev–Trinajstić information content (AvgIpc) is 2.73. The number of likely N-dealkylation sites (N-methyl/N-ethyl adjacent to an activating group) is 1. The van der Waals surface area contributed by atoms with Crippen LogP contribution in [0.1, 0.15) is 32.1 Å². The van der Waals surface area contributed by atoms with E-state index in [1.54, 1.807) is 7.11 Å². The van der Waals surface area contributed by atoms with Crippen LogP contribution in [0.25, 0.3) is 0 Å². The molecule has 0 saturated heterocycles. The fourth-order valence-electron chi connectivity index (χ4n) is 1.89. The topological polar surface area (TPSA) is 39.1 Å². The third-order valence-electron chi connectivity index (χ3n) is 2.75. The molecular formula is C11H21N3O. The zero-order valence-corrected chi connectivity index (χ0v) is 10.0. The Morgan fingerprint density at radius 2 is 2.27 bits per heavy atom. The molecule has 0 spiro atoms. The van der Waals surface area contributed by atoms with E-state index in [2.05, 4.69) is 28.7 Å². The van der Waals surface area contributed by atoms with Gasteiger partial charge in [-0.25, -0.2) is 4.98 Å². The third-order valence-corrected chi connectivity index (χ3v) is 2.75. The van der Waals surface area contributed by atoms with Gasteiger partial charge in [-0.3, -0.25) is 0 Å². The molecular weight excluding hydrogens is 190 g/mol. The molecule has 0 bridgehead atoms. The van der Waals surface area contributed by atoms with Gasteiger partial charge < -0.3 is 14.6 Å². The Kier molecular flexibility index (Phi) is 4.78. The van der Waals surface area contributed by atoms with Crippen molar-refractivity contribution in [1.82, 2.24) is 14.9 Å². The lowest BCUT2D eigenvalue weighted by atomic mass is 10.1. The number of nitrogens with one attached hydrogen (secondary N) is 1. The van der Waals surface area contributed by atoms with E-state index in [1.165, 1.54) is 0 Å². The lowest BCUT2D eigenvalue weighted by Gasteiger charge is -2.24. The molecule has 2 atom stereocenters. The fourth-order valence-corrected chi connectivity index (χ4v) is 1.89. The molecule has 0 fully saturated rings. The Bertz CT molecular complexity index is 281. The lowest BCUT2D eigenvalue weighted by molar-refractivity contribution is 0.0638. The quantitative estimate of drug-likeness (QED) is 0.776. The molecule has 1 heterocycles. The van der Waals surface area contributed by atoms with Gasteiger partial charge in [-0.2, -0.15) is 0 Å². The molecule has 1 N–H and O–H groups in total. The molecule has 0 amide bonds. The van der Waals surface area contributed by atoms with Gasteiger partial charge >= 0.3 is 0 Å². The van der Waals surface area contributed by atoms with Gasteiger partial charge in [0.1, 0.15) is 5.82 Å². The summed E-state index contributed by atoms with van der Waals surface area (Å²) in [4.78, 5) is 4.40. The maximum atomic E-state index is 5.46. The van der Waals surface area contributed by atoms with Crippen LogP contribution in [0.5, 0.6) is 0 Å². The van der Waals surface area contributed by atoms with Crippen LogP contribution in [-0.2, 0) is 11.3 Å². The smallest absolute Gasteiger partial charge is 0.128 e. The van der Waals surface area contributed by atoms with Crippen LogP contribution in [0, 0.1) is 0 Å². The second-order valence-corrected chi connectivity index (χ2v) is 3.52. The minimum Gasteiger partial charge on any atom is -0.379 e. The number of hydrogen-bond acceptors (Lipinski definition) is 3. The summed E-state index contributed by atoms with van der Waals surface area (Å²) in [6.45, 7) is 5.18. The van der Waals surface area contributed by atoms with E-state index < -0.39 is 0 Å². The van der Waals surface area contributed by atoms with Crippen LogP contribution in [0.3, 0.4) is 0 Å². The van der Waals surface area contributed by atoms with Crippen LogP contribution in [0.2, 0.25) is 0 Å². The lowest BCUT2D eigenvalue weighted by Crippen LogP contribution is -2.32. The molecule has 1 rings (SSSR count). The zero-order valence-electron chi connectivity index (χ0n) is 10.0.